The van der Waals surface area contributed by atoms with Crippen molar-refractivity contribution in [2.24, 2.45) is 5.92 Å². The quantitative estimate of drug-likeness (QED) is 0.769. The molecular formula is C13H14ClFO. The van der Waals surface area contributed by atoms with E-state index in [9.17, 15) is 9.18 Å². The maximum atomic E-state index is 13.5. The normalized spacial score (nSPS) is 21.1. The van der Waals surface area contributed by atoms with Gasteiger partial charge in [0.15, 0.2) is 0 Å². The largest absolute Gasteiger partial charge is 0.300 e. The first-order valence-corrected chi connectivity index (χ1v) is 5.98. The van der Waals surface area contributed by atoms with E-state index in [1.807, 2.05) is 0 Å². The summed E-state index contributed by atoms with van der Waals surface area (Å²) in [5, 5.41) is 0.554. The molecule has 1 aliphatic carbocycles. The summed E-state index contributed by atoms with van der Waals surface area (Å²) in [6.07, 6.45) is 3.85. The van der Waals surface area contributed by atoms with E-state index in [2.05, 4.69) is 0 Å². The highest BCUT2D eigenvalue weighted by atomic mass is 35.5. The minimum atomic E-state index is -0.220. The molecule has 16 heavy (non-hydrogen) atoms. The van der Waals surface area contributed by atoms with Gasteiger partial charge in [-0.25, -0.2) is 4.39 Å². The minimum absolute atomic E-state index is 0.220. The molecule has 0 aromatic heterocycles. The molecule has 1 nitrogen and oxygen atoms in total. The van der Waals surface area contributed by atoms with Gasteiger partial charge in [0.1, 0.15) is 11.6 Å². The number of carbonyl (C=O) groups is 1. The highest BCUT2D eigenvalue weighted by Crippen LogP contribution is 2.26. The van der Waals surface area contributed by atoms with Crippen molar-refractivity contribution in [1.29, 1.82) is 0 Å². The summed E-state index contributed by atoms with van der Waals surface area (Å²) < 4.78 is 13.5. The molecule has 0 radical (unpaired) electrons. The molecule has 0 amide bonds. The number of benzene rings is 1. The molecule has 1 saturated carbocycles. The van der Waals surface area contributed by atoms with Gasteiger partial charge in [0, 0.05) is 17.9 Å². The van der Waals surface area contributed by atoms with Crippen molar-refractivity contribution in [2.45, 2.75) is 32.1 Å². The van der Waals surface area contributed by atoms with E-state index in [0.29, 0.717) is 35.6 Å². The Labute approximate surface area is 99.6 Å². The Balaban J connectivity index is 2.08. The molecule has 1 atom stereocenters. The lowest BCUT2D eigenvalue weighted by Crippen LogP contribution is -2.17. The molecule has 1 aromatic rings. The Kier molecular flexibility index (Phi) is 3.59. The zero-order valence-corrected chi connectivity index (χ0v) is 9.77. The second-order valence-corrected chi connectivity index (χ2v) is 4.88. The van der Waals surface area contributed by atoms with Gasteiger partial charge in [-0.2, -0.15) is 0 Å². The van der Waals surface area contributed by atoms with Crippen LogP contribution in [0.15, 0.2) is 18.2 Å². The summed E-state index contributed by atoms with van der Waals surface area (Å²) in [7, 11) is 0. The molecule has 1 aromatic carbocycles. The van der Waals surface area contributed by atoms with Crippen molar-refractivity contribution >= 4 is 17.4 Å². The molecule has 1 unspecified atom stereocenters. The summed E-state index contributed by atoms with van der Waals surface area (Å²) in [4.78, 5) is 11.3. The van der Waals surface area contributed by atoms with Gasteiger partial charge in [-0.15, -0.1) is 0 Å². The predicted molar refractivity (Wildman–Crippen MR) is 62.1 cm³/mol. The Morgan fingerprint density at radius 2 is 2.25 bits per heavy atom. The lowest BCUT2D eigenvalue weighted by molar-refractivity contribution is -0.121. The lowest BCUT2D eigenvalue weighted by Gasteiger charge is -2.20. The van der Waals surface area contributed by atoms with Crippen molar-refractivity contribution in [2.75, 3.05) is 0 Å². The summed E-state index contributed by atoms with van der Waals surface area (Å²) in [6.45, 7) is 0. The molecule has 1 aliphatic rings. The van der Waals surface area contributed by atoms with Crippen LogP contribution < -0.4 is 0 Å². The SMILES string of the molecule is O=C1CCCC(Cc2cc(Cl)ccc2F)C1. The van der Waals surface area contributed by atoms with Gasteiger partial charge in [0.2, 0.25) is 0 Å². The first kappa shape index (κ1) is 11.6. The maximum Gasteiger partial charge on any atom is 0.133 e. The molecule has 0 aliphatic heterocycles. The zero-order chi connectivity index (χ0) is 11.5. The highest BCUT2D eigenvalue weighted by molar-refractivity contribution is 6.30. The fraction of sp³-hybridized carbons (Fsp3) is 0.462. The Bertz CT molecular complexity index is 403. The maximum absolute atomic E-state index is 13.5. The summed E-state index contributed by atoms with van der Waals surface area (Å²) in [5.74, 6) is 0.371. The third-order valence-electron chi connectivity index (χ3n) is 3.10. The summed E-state index contributed by atoms with van der Waals surface area (Å²) in [5.41, 5.74) is 0.632. The first-order chi connectivity index (χ1) is 7.65. The van der Waals surface area contributed by atoms with Crippen LogP contribution in [0.1, 0.15) is 31.2 Å². The van der Waals surface area contributed by atoms with E-state index in [1.165, 1.54) is 6.07 Å². The fourth-order valence-electron chi connectivity index (χ4n) is 2.30. The van der Waals surface area contributed by atoms with E-state index in [1.54, 1.807) is 12.1 Å². The first-order valence-electron chi connectivity index (χ1n) is 5.61. The molecule has 0 spiro atoms. The average Bonchev–Trinajstić information content (AvgIpc) is 2.24. The van der Waals surface area contributed by atoms with Gasteiger partial charge >= 0.3 is 0 Å². The van der Waals surface area contributed by atoms with Crippen molar-refractivity contribution in [3.63, 3.8) is 0 Å². The standard InChI is InChI=1S/C13H14ClFO/c14-11-4-5-13(15)10(8-11)6-9-2-1-3-12(16)7-9/h4-5,8-9H,1-3,6-7H2. The average molecular weight is 241 g/mol. The van der Waals surface area contributed by atoms with E-state index in [-0.39, 0.29) is 11.7 Å². The van der Waals surface area contributed by atoms with Crippen molar-refractivity contribution < 1.29 is 9.18 Å². The molecular weight excluding hydrogens is 227 g/mol. The van der Waals surface area contributed by atoms with E-state index in [4.69, 9.17) is 11.6 Å². The second kappa shape index (κ2) is 4.96. The topological polar surface area (TPSA) is 17.1 Å². The van der Waals surface area contributed by atoms with E-state index in [0.717, 1.165) is 12.8 Å². The van der Waals surface area contributed by atoms with Crippen LogP contribution in [-0.4, -0.2) is 5.78 Å². The lowest BCUT2D eigenvalue weighted by atomic mass is 9.84. The second-order valence-electron chi connectivity index (χ2n) is 4.44. The van der Waals surface area contributed by atoms with Gasteiger partial charge in [-0.05, 0) is 48.9 Å². The summed E-state index contributed by atoms with van der Waals surface area (Å²) in [6, 6.07) is 4.60. The molecule has 0 bridgehead atoms. The molecule has 0 N–H and O–H groups in total. The van der Waals surface area contributed by atoms with E-state index >= 15 is 0 Å². The Morgan fingerprint density at radius 1 is 1.44 bits per heavy atom. The minimum Gasteiger partial charge on any atom is -0.300 e. The number of halogens is 2. The van der Waals surface area contributed by atoms with Crippen LogP contribution in [0.3, 0.4) is 0 Å². The van der Waals surface area contributed by atoms with Crippen LogP contribution in [0, 0.1) is 11.7 Å². The van der Waals surface area contributed by atoms with Crippen LogP contribution in [0.25, 0.3) is 0 Å². The smallest absolute Gasteiger partial charge is 0.133 e. The van der Waals surface area contributed by atoms with Crippen LogP contribution >= 0.6 is 11.6 Å². The molecule has 2 rings (SSSR count). The third kappa shape index (κ3) is 2.82. The highest BCUT2D eigenvalue weighted by Gasteiger charge is 2.20. The van der Waals surface area contributed by atoms with Crippen LogP contribution in [0.4, 0.5) is 4.39 Å². The molecule has 1 fully saturated rings. The van der Waals surface area contributed by atoms with Crippen LogP contribution in [0.2, 0.25) is 5.02 Å². The number of hydrogen-bond acceptors (Lipinski definition) is 1. The Morgan fingerprint density at radius 3 is 3.00 bits per heavy atom. The molecule has 86 valence electrons. The van der Waals surface area contributed by atoms with E-state index < -0.39 is 0 Å². The van der Waals surface area contributed by atoms with Crippen molar-refractivity contribution in [1.82, 2.24) is 0 Å². The monoisotopic (exact) mass is 240 g/mol. The molecule has 0 heterocycles. The number of carbonyl (C=O) groups excluding carboxylic acids is 1. The molecule has 0 saturated heterocycles. The van der Waals surface area contributed by atoms with Gasteiger partial charge in [0.05, 0.1) is 0 Å². The molecule has 3 heteroatoms. The summed E-state index contributed by atoms with van der Waals surface area (Å²) >= 11 is 5.83. The van der Waals surface area contributed by atoms with Crippen molar-refractivity contribution in [3.8, 4) is 0 Å². The zero-order valence-electron chi connectivity index (χ0n) is 9.01. The third-order valence-corrected chi connectivity index (χ3v) is 3.34. The number of rotatable bonds is 2. The van der Waals surface area contributed by atoms with Crippen molar-refractivity contribution in [3.05, 3.63) is 34.6 Å². The number of ketones is 1. The van der Waals surface area contributed by atoms with Gasteiger partial charge in [0.25, 0.3) is 0 Å². The fourth-order valence-corrected chi connectivity index (χ4v) is 2.49. The van der Waals surface area contributed by atoms with Crippen LogP contribution in [0.5, 0.6) is 0 Å². The van der Waals surface area contributed by atoms with Gasteiger partial charge < -0.3 is 0 Å². The number of Topliss-reactive ketones (excluding diaryl/α,β-unsaturated/α-hetero) is 1. The van der Waals surface area contributed by atoms with Gasteiger partial charge in [-0.1, -0.05) is 11.6 Å². The van der Waals surface area contributed by atoms with Crippen LogP contribution in [-0.2, 0) is 11.2 Å². The Hall–Kier alpha value is -0.890. The predicted octanol–water partition coefficient (Wildman–Crippen LogP) is 3.78. The number of hydrogen-bond donors (Lipinski definition) is 0. The van der Waals surface area contributed by atoms with Gasteiger partial charge in [-0.3, -0.25) is 4.79 Å².